The van der Waals surface area contributed by atoms with Gasteiger partial charge in [0.2, 0.25) is 0 Å². The molecule has 0 N–H and O–H groups in total. The highest BCUT2D eigenvalue weighted by molar-refractivity contribution is 5.74. The molecule has 2 heterocycles. The first-order valence-corrected chi connectivity index (χ1v) is 8.85. The van der Waals surface area contributed by atoms with Gasteiger partial charge in [-0.15, -0.1) is 0 Å². The van der Waals surface area contributed by atoms with E-state index in [9.17, 15) is 4.79 Å². The molecule has 0 unspecified atom stereocenters. The molecular formula is C19H27N3O3. The lowest BCUT2D eigenvalue weighted by Gasteiger charge is -2.42. The van der Waals surface area contributed by atoms with E-state index in [2.05, 4.69) is 23.7 Å². The maximum absolute atomic E-state index is 12.6. The molecule has 0 radical (unpaired) electrons. The molecule has 1 fully saturated rings. The average Bonchev–Trinajstić information content (AvgIpc) is 2.96. The number of aromatic nitrogens is 1. The van der Waals surface area contributed by atoms with Crippen molar-refractivity contribution in [2.75, 3.05) is 24.5 Å². The van der Waals surface area contributed by atoms with E-state index in [0.29, 0.717) is 31.6 Å². The fourth-order valence-electron chi connectivity index (χ4n) is 3.10. The van der Waals surface area contributed by atoms with Gasteiger partial charge in [-0.3, -0.25) is 0 Å². The van der Waals surface area contributed by atoms with Gasteiger partial charge in [0.1, 0.15) is 11.1 Å². The van der Waals surface area contributed by atoms with Gasteiger partial charge in [-0.2, -0.15) is 4.98 Å². The van der Waals surface area contributed by atoms with Gasteiger partial charge in [0.15, 0.2) is 5.58 Å². The van der Waals surface area contributed by atoms with E-state index in [1.165, 1.54) is 0 Å². The van der Waals surface area contributed by atoms with E-state index in [1.807, 2.05) is 49.9 Å². The second-order valence-electron chi connectivity index (χ2n) is 7.90. The van der Waals surface area contributed by atoms with E-state index in [-0.39, 0.29) is 12.1 Å². The molecule has 0 spiro atoms. The highest BCUT2D eigenvalue weighted by atomic mass is 16.6. The standard InChI is InChI=1S/C19H27N3O3/c1-13(2)15-12-21(10-11-22(15)18(23)25-19(3,4)5)17-20-14-8-6-7-9-16(14)24-17/h6-9,13,15H,10-12H2,1-5H3/t15-/m1/s1. The van der Waals surface area contributed by atoms with Gasteiger partial charge >= 0.3 is 6.09 Å². The first-order valence-electron chi connectivity index (χ1n) is 8.85. The number of ether oxygens (including phenoxy) is 1. The van der Waals surface area contributed by atoms with E-state index in [0.717, 1.165) is 11.1 Å². The molecule has 6 nitrogen and oxygen atoms in total. The Balaban J connectivity index is 1.78. The topological polar surface area (TPSA) is 58.8 Å². The summed E-state index contributed by atoms with van der Waals surface area (Å²) in [4.78, 5) is 21.1. The molecule has 0 aliphatic carbocycles. The number of oxazole rings is 1. The Hall–Kier alpha value is -2.24. The second-order valence-corrected chi connectivity index (χ2v) is 7.90. The maximum Gasteiger partial charge on any atom is 0.410 e. The van der Waals surface area contributed by atoms with Crippen LogP contribution in [-0.4, -0.2) is 47.3 Å². The highest BCUT2D eigenvalue weighted by Gasteiger charge is 2.36. The normalized spacial score (nSPS) is 18.9. The Morgan fingerprint density at radius 1 is 1.28 bits per heavy atom. The number of fused-ring (bicyclic) bond motifs is 1. The van der Waals surface area contributed by atoms with E-state index in [1.54, 1.807) is 0 Å². The smallest absolute Gasteiger partial charge is 0.410 e. The van der Waals surface area contributed by atoms with Crippen molar-refractivity contribution in [3.05, 3.63) is 24.3 Å². The van der Waals surface area contributed by atoms with Crippen LogP contribution in [0, 0.1) is 5.92 Å². The van der Waals surface area contributed by atoms with Crippen LogP contribution in [-0.2, 0) is 4.74 Å². The summed E-state index contributed by atoms with van der Waals surface area (Å²) in [6.45, 7) is 11.9. The lowest BCUT2D eigenvalue weighted by molar-refractivity contribution is 0.00853. The minimum absolute atomic E-state index is 0.0543. The molecule has 1 aliphatic heterocycles. The summed E-state index contributed by atoms with van der Waals surface area (Å²) in [5.74, 6) is 0.305. The van der Waals surface area contributed by atoms with Crippen LogP contribution in [0.1, 0.15) is 34.6 Å². The number of hydrogen-bond donors (Lipinski definition) is 0. The molecule has 3 rings (SSSR count). The van der Waals surface area contributed by atoms with Crippen molar-refractivity contribution in [1.82, 2.24) is 9.88 Å². The van der Waals surface area contributed by atoms with Gasteiger partial charge in [0, 0.05) is 19.6 Å². The number of benzene rings is 1. The SMILES string of the molecule is CC(C)[C@H]1CN(c2nc3ccccc3o2)CCN1C(=O)OC(C)(C)C. The van der Waals surface area contributed by atoms with Crippen molar-refractivity contribution in [1.29, 1.82) is 0 Å². The fraction of sp³-hybridized carbons (Fsp3) is 0.579. The Labute approximate surface area is 148 Å². The van der Waals surface area contributed by atoms with Crippen LogP contribution in [0.15, 0.2) is 28.7 Å². The van der Waals surface area contributed by atoms with Crippen molar-refractivity contribution >= 4 is 23.2 Å². The van der Waals surface area contributed by atoms with Crippen LogP contribution in [0.2, 0.25) is 0 Å². The summed E-state index contributed by atoms with van der Waals surface area (Å²) in [5.41, 5.74) is 1.15. The zero-order chi connectivity index (χ0) is 18.2. The largest absolute Gasteiger partial charge is 0.444 e. The summed E-state index contributed by atoms with van der Waals surface area (Å²) in [7, 11) is 0. The van der Waals surface area contributed by atoms with E-state index < -0.39 is 5.60 Å². The first kappa shape index (κ1) is 17.6. The third-order valence-electron chi connectivity index (χ3n) is 4.37. The maximum atomic E-state index is 12.6. The van der Waals surface area contributed by atoms with Crippen molar-refractivity contribution in [3.8, 4) is 0 Å². The molecule has 6 heteroatoms. The number of anilines is 1. The Kier molecular flexibility index (Phi) is 4.62. The van der Waals surface area contributed by atoms with Crippen molar-refractivity contribution in [2.45, 2.75) is 46.3 Å². The van der Waals surface area contributed by atoms with Crippen LogP contribution in [0.4, 0.5) is 10.8 Å². The molecule has 136 valence electrons. The lowest BCUT2D eigenvalue weighted by Crippen LogP contribution is -2.58. The molecule has 1 aromatic heterocycles. The highest BCUT2D eigenvalue weighted by Crippen LogP contribution is 2.26. The van der Waals surface area contributed by atoms with Gasteiger partial charge in [0.25, 0.3) is 6.01 Å². The van der Waals surface area contributed by atoms with Gasteiger partial charge < -0.3 is 19.0 Å². The lowest BCUT2D eigenvalue weighted by atomic mass is 10.00. The third kappa shape index (κ3) is 3.89. The zero-order valence-corrected chi connectivity index (χ0v) is 15.7. The fourth-order valence-corrected chi connectivity index (χ4v) is 3.10. The van der Waals surface area contributed by atoms with Crippen LogP contribution in [0.5, 0.6) is 0 Å². The quantitative estimate of drug-likeness (QED) is 0.826. The van der Waals surface area contributed by atoms with E-state index in [4.69, 9.17) is 9.15 Å². The van der Waals surface area contributed by atoms with Crippen molar-refractivity contribution < 1.29 is 13.9 Å². The number of amides is 1. The Bertz CT molecular complexity index is 715. The third-order valence-corrected chi connectivity index (χ3v) is 4.37. The molecule has 1 saturated heterocycles. The molecule has 0 saturated carbocycles. The zero-order valence-electron chi connectivity index (χ0n) is 15.7. The minimum Gasteiger partial charge on any atom is -0.444 e. The molecule has 1 aromatic carbocycles. The number of para-hydroxylation sites is 2. The summed E-state index contributed by atoms with van der Waals surface area (Å²) in [6.07, 6.45) is -0.247. The molecule has 0 bridgehead atoms. The van der Waals surface area contributed by atoms with Gasteiger partial charge in [-0.1, -0.05) is 26.0 Å². The second kappa shape index (κ2) is 6.58. The number of hydrogen-bond acceptors (Lipinski definition) is 5. The van der Waals surface area contributed by atoms with Crippen LogP contribution >= 0.6 is 0 Å². The molecule has 25 heavy (non-hydrogen) atoms. The molecular weight excluding hydrogens is 318 g/mol. The number of piperazine rings is 1. The minimum atomic E-state index is -0.490. The number of nitrogens with zero attached hydrogens (tertiary/aromatic N) is 3. The van der Waals surface area contributed by atoms with Gasteiger partial charge in [-0.25, -0.2) is 4.79 Å². The molecule has 1 amide bonds. The molecule has 2 aromatic rings. The van der Waals surface area contributed by atoms with Crippen LogP contribution in [0.3, 0.4) is 0 Å². The molecule has 1 atom stereocenters. The number of carbonyl (C=O) groups is 1. The predicted molar refractivity (Wildman–Crippen MR) is 97.8 cm³/mol. The summed E-state index contributed by atoms with van der Waals surface area (Å²) in [5, 5.41) is 0. The summed E-state index contributed by atoms with van der Waals surface area (Å²) < 4.78 is 11.5. The van der Waals surface area contributed by atoms with Crippen molar-refractivity contribution in [2.24, 2.45) is 5.92 Å². The van der Waals surface area contributed by atoms with Crippen molar-refractivity contribution in [3.63, 3.8) is 0 Å². The van der Waals surface area contributed by atoms with Crippen LogP contribution < -0.4 is 4.90 Å². The van der Waals surface area contributed by atoms with Gasteiger partial charge in [-0.05, 0) is 38.8 Å². The van der Waals surface area contributed by atoms with Crippen LogP contribution in [0.25, 0.3) is 11.1 Å². The Morgan fingerprint density at radius 2 is 2.00 bits per heavy atom. The first-order chi connectivity index (χ1) is 11.7. The molecule has 1 aliphatic rings. The summed E-state index contributed by atoms with van der Waals surface area (Å²) >= 11 is 0. The monoisotopic (exact) mass is 345 g/mol. The van der Waals surface area contributed by atoms with E-state index >= 15 is 0 Å². The predicted octanol–water partition coefficient (Wildman–Crippen LogP) is 3.91. The average molecular weight is 345 g/mol. The Morgan fingerprint density at radius 3 is 2.64 bits per heavy atom. The van der Waals surface area contributed by atoms with Gasteiger partial charge in [0.05, 0.1) is 6.04 Å². The number of rotatable bonds is 2. The number of carbonyl (C=O) groups excluding carboxylic acids is 1. The summed E-state index contributed by atoms with van der Waals surface area (Å²) in [6, 6.07) is 8.43.